The number of hydrogen-bond donors (Lipinski definition) is 0. The minimum atomic E-state index is 0.253. The number of aromatic nitrogens is 3. The molecule has 102 valence electrons. The molecule has 0 saturated heterocycles. The normalized spacial score (nSPS) is 12.4. The second-order valence-electron chi connectivity index (χ2n) is 4.59. The van der Waals surface area contributed by atoms with Crippen LogP contribution in [-0.4, -0.2) is 22.0 Å². The van der Waals surface area contributed by atoms with Gasteiger partial charge >= 0.3 is 0 Å². The maximum absolute atomic E-state index is 5.42. The van der Waals surface area contributed by atoms with Gasteiger partial charge in [0.15, 0.2) is 11.5 Å². The van der Waals surface area contributed by atoms with Gasteiger partial charge in [-0.25, -0.2) is 4.98 Å². The fourth-order valence-electron chi connectivity index (χ4n) is 2.32. The third-order valence-corrected chi connectivity index (χ3v) is 3.31. The molecule has 0 atom stereocenters. The van der Waals surface area contributed by atoms with E-state index in [9.17, 15) is 0 Å². The molecule has 0 N–H and O–H groups in total. The van der Waals surface area contributed by atoms with Gasteiger partial charge in [-0.15, -0.1) is 10.2 Å². The number of ether oxygens (including phenoxy) is 2. The van der Waals surface area contributed by atoms with Crippen LogP contribution < -0.4 is 9.47 Å². The molecule has 1 aliphatic rings. The highest BCUT2D eigenvalue weighted by Gasteiger charge is 2.17. The molecule has 0 aliphatic carbocycles. The average Bonchev–Trinajstić information content (AvgIpc) is 3.03. The van der Waals surface area contributed by atoms with Crippen LogP contribution in [0.15, 0.2) is 54.9 Å². The predicted octanol–water partition coefficient (Wildman–Crippen LogP) is 2.93. The molecule has 0 saturated carbocycles. The standard InChI is InChI=1S/C16H11N3O2/c1-2-4-11(5-3-1)15-16(19-18-9-17-15)12-6-7-13-14(8-12)21-10-20-13/h1-9H,10H2. The summed E-state index contributed by atoms with van der Waals surface area (Å²) in [7, 11) is 0. The summed E-state index contributed by atoms with van der Waals surface area (Å²) in [6.45, 7) is 0.253. The lowest BCUT2D eigenvalue weighted by molar-refractivity contribution is 0.174. The Morgan fingerprint density at radius 2 is 1.67 bits per heavy atom. The van der Waals surface area contributed by atoms with E-state index in [1.807, 2.05) is 48.5 Å². The van der Waals surface area contributed by atoms with Crippen molar-refractivity contribution >= 4 is 0 Å². The van der Waals surface area contributed by atoms with Gasteiger partial charge in [0.2, 0.25) is 6.79 Å². The molecular formula is C16H11N3O2. The van der Waals surface area contributed by atoms with E-state index in [1.54, 1.807) is 0 Å². The third-order valence-electron chi connectivity index (χ3n) is 3.31. The largest absolute Gasteiger partial charge is 0.454 e. The second-order valence-corrected chi connectivity index (χ2v) is 4.59. The van der Waals surface area contributed by atoms with Crippen molar-refractivity contribution in [2.75, 3.05) is 6.79 Å². The zero-order valence-corrected chi connectivity index (χ0v) is 11.1. The van der Waals surface area contributed by atoms with Crippen LogP contribution in [0.3, 0.4) is 0 Å². The third kappa shape index (κ3) is 2.08. The molecule has 0 bridgehead atoms. The SMILES string of the molecule is c1ccc(-c2ncnnc2-c2ccc3c(c2)OCO3)cc1. The fraction of sp³-hybridized carbons (Fsp3) is 0.0625. The van der Waals surface area contributed by atoms with Crippen molar-refractivity contribution in [3.05, 3.63) is 54.9 Å². The van der Waals surface area contributed by atoms with Crippen LogP contribution in [0.1, 0.15) is 0 Å². The minimum Gasteiger partial charge on any atom is -0.454 e. The first-order valence-corrected chi connectivity index (χ1v) is 6.55. The van der Waals surface area contributed by atoms with Crippen molar-refractivity contribution < 1.29 is 9.47 Å². The lowest BCUT2D eigenvalue weighted by atomic mass is 10.0. The van der Waals surface area contributed by atoms with Crippen molar-refractivity contribution in [2.24, 2.45) is 0 Å². The Balaban J connectivity index is 1.86. The van der Waals surface area contributed by atoms with Crippen LogP contribution in [-0.2, 0) is 0 Å². The Morgan fingerprint density at radius 3 is 2.57 bits per heavy atom. The molecule has 1 aromatic heterocycles. The first-order chi connectivity index (χ1) is 10.4. The average molecular weight is 277 g/mol. The van der Waals surface area contributed by atoms with E-state index >= 15 is 0 Å². The molecule has 2 heterocycles. The topological polar surface area (TPSA) is 57.1 Å². The molecule has 0 unspecified atom stereocenters. The number of fused-ring (bicyclic) bond motifs is 1. The van der Waals surface area contributed by atoms with Gasteiger partial charge in [0.05, 0.1) is 0 Å². The molecule has 3 aromatic rings. The molecule has 21 heavy (non-hydrogen) atoms. The van der Waals surface area contributed by atoms with Crippen molar-refractivity contribution in [2.45, 2.75) is 0 Å². The van der Waals surface area contributed by atoms with Gasteiger partial charge in [-0.3, -0.25) is 0 Å². The zero-order valence-electron chi connectivity index (χ0n) is 11.1. The van der Waals surface area contributed by atoms with Crippen molar-refractivity contribution in [3.63, 3.8) is 0 Å². The van der Waals surface area contributed by atoms with E-state index < -0.39 is 0 Å². The Labute approximate surface area is 121 Å². The van der Waals surface area contributed by atoms with E-state index in [0.29, 0.717) is 0 Å². The molecule has 5 nitrogen and oxygen atoms in total. The zero-order chi connectivity index (χ0) is 14.1. The highest BCUT2D eigenvalue weighted by molar-refractivity contribution is 5.78. The van der Waals surface area contributed by atoms with Crippen molar-refractivity contribution in [1.29, 1.82) is 0 Å². The van der Waals surface area contributed by atoms with Crippen molar-refractivity contribution in [3.8, 4) is 34.0 Å². The summed E-state index contributed by atoms with van der Waals surface area (Å²) < 4.78 is 10.7. The summed E-state index contributed by atoms with van der Waals surface area (Å²) in [4.78, 5) is 4.37. The lowest BCUT2D eigenvalue weighted by Gasteiger charge is -2.07. The highest BCUT2D eigenvalue weighted by Crippen LogP contribution is 2.37. The minimum absolute atomic E-state index is 0.253. The van der Waals surface area contributed by atoms with Crippen LogP contribution in [0.5, 0.6) is 11.5 Å². The summed E-state index contributed by atoms with van der Waals surface area (Å²) >= 11 is 0. The van der Waals surface area contributed by atoms with Crippen LogP contribution >= 0.6 is 0 Å². The van der Waals surface area contributed by atoms with Crippen LogP contribution in [0.25, 0.3) is 22.5 Å². The van der Waals surface area contributed by atoms with Gasteiger partial charge in [0, 0.05) is 11.1 Å². The van der Waals surface area contributed by atoms with Gasteiger partial charge in [0.1, 0.15) is 17.7 Å². The maximum Gasteiger partial charge on any atom is 0.231 e. The predicted molar refractivity (Wildman–Crippen MR) is 76.8 cm³/mol. The van der Waals surface area contributed by atoms with Gasteiger partial charge in [-0.05, 0) is 18.2 Å². The second kappa shape index (κ2) is 4.86. The number of benzene rings is 2. The van der Waals surface area contributed by atoms with Crippen LogP contribution in [0, 0.1) is 0 Å². The number of nitrogens with zero attached hydrogens (tertiary/aromatic N) is 3. The Hall–Kier alpha value is -2.95. The molecular weight excluding hydrogens is 266 g/mol. The number of rotatable bonds is 2. The molecule has 4 rings (SSSR count). The molecule has 2 aromatic carbocycles. The molecule has 0 radical (unpaired) electrons. The monoisotopic (exact) mass is 277 g/mol. The summed E-state index contributed by atoms with van der Waals surface area (Å²) in [5, 5.41) is 8.15. The van der Waals surface area contributed by atoms with Gasteiger partial charge in [0.25, 0.3) is 0 Å². The van der Waals surface area contributed by atoms with Crippen molar-refractivity contribution in [1.82, 2.24) is 15.2 Å². The lowest BCUT2D eigenvalue weighted by Crippen LogP contribution is -1.95. The molecule has 5 heteroatoms. The first kappa shape index (κ1) is 11.8. The van der Waals surface area contributed by atoms with Crippen LogP contribution in [0.4, 0.5) is 0 Å². The molecule has 0 amide bonds. The Morgan fingerprint density at radius 1 is 0.810 bits per heavy atom. The summed E-state index contributed by atoms with van der Waals surface area (Å²) in [6, 6.07) is 15.6. The summed E-state index contributed by atoms with van der Waals surface area (Å²) in [5.74, 6) is 1.47. The van der Waals surface area contributed by atoms with E-state index in [4.69, 9.17) is 9.47 Å². The Kier molecular flexibility index (Phi) is 2.74. The van der Waals surface area contributed by atoms with E-state index in [-0.39, 0.29) is 6.79 Å². The Bertz CT molecular complexity index is 791. The summed E-state index contributed by atoms with van der Waals surface area (Å²) in [6.07, 6.45) is 1.46. The van der Waals surface area contributed by atoms with E-state index in [0.717, 1.165) is 34.0 Å². The van der Waals surface area contributed by atoms with E-state index in [2.05, 4.69) is 15.2 Å². The van der Waals surface area contributed by atoms with Gasteiger partial charge in [-0.1, -0.05) is 30.3 Å². The van der Waals surface area contributed by atoms with E-state index in [1.165, 1.54) is 6.33 Å². The maximum atomic E-state index is 5.42. The molecule has 1 aliphatic heterocycles. The van der Waals surface area contributed by atoms with Crippen LogP contribution in [0.2, 0.25) is 0 Å². The van der Waals surface area contributed by atoms with Gasteiger partial charge < -0.3 is 9.47 Å². The molecule has 0 fully saturated rings. The summed E-state index contributed by atoms with van der Waals surface area (Å²) in [5.41, 5.74) is 3.42. The first-order valence-electron chi connectivity index (χ1n) is 6.55. The number of hydrogen-bond acceptors (Lipinski definition) is 5. The molecule has 0 spiro atoms. The highest BCUT2D eigenvalue weighted by atomic mass is 16.7. The quantitative estimate of drug-likeness (QED) is 0.720. The smallest absolute Gasteiger partial charge is 0.231 e. The fourth-order valence-corrected chi connectivity index (χ4v) is 2.32. The van der Waals surface area contributed by atoms with Gasteiger partial charge in [-0.2, -0.15) is 0 Å².